The summed E-state index contributed by atoms with van der Waals surface area (Å²) < 4.78 is 53.0. The van der Waals surface area contributed by atoms with Gasteiger partial charge in [0.25, 0.3) is 11.8 Å². The molecule has 4 amide bonds. The van der Waals surface area contributed by atoms with E-state index in [-0.39, 0.29) is 60.5 Å². The number of unbranched alkanes of at least 4 members (excludes halogenated alkanes) is 1. The number of halogens is 3. The number of hydrogen-bond donors (Lipinski definition) is 2. The molecule has 3 aliphatic rings. The number of carbonyl (C=O) groups is 4. The highest BCUT2D eigenvalue weighted by molar-refractivity contribution is 7.81. The van der Waals surface area contributed by atoms with Gasteiger partial charge < -0.3 is 34.6 Å². The Balaban J connectivity index is 0.761. The summed E-state index contributed by atoms with van der Waals surface area (Å²) in [6.45, 7) is 11.0. The maximum atomic E-state index is 14.3. The number of nitriles is 1. The predicted molar refractivity (Wildman–Crippen MR) is 278 cm³/mol. The number of anilines is 2. The predicted octanol–water partition coefficient (Wildman–Crippen LogP) is 8.99. The van der Waals surface area contributed by atoms with Crippen LogP contribution in [0.1, 0.15) is 97.2 Å². The molecule has 19 heteroatoms. The summed E-state index contributed by atoms with van der Waals surface area (Å²) in [5.74, 6) is -1.14. The first-order valence-electron chi connectivity index (χ1n) is 24.6. The number of amides is 4. The maximum Gasteiger partial charge on any atom is 0.417 e. The summed E-state index contributed by atoms with van der Waals surface area (Å²) in [5, 5.41) is 22.9. The monoisotopic (exact) mass is 1050 g/mol. The molecule has 0 spiro atoms. The van der Waals surface area contributed by atoms with Crippen molar-refractivity contribution in [2.24, 2.45) is 5.92 Å². The van der Waals surface area contributed by atoms with Crippen LogP contribution in [0.5, 0.6) is 5.75 Å². The molecule has 0 radical (unpaired) electrons. The topological polar surface area (TPSA) is 169 Å². The number of fused-ring (bicyclic) bond motifs is 1. The fourth-order valence-electron chi connectivity index (χ4n) is 9.83. The van der Waals surface area contributed by atoms with Crippen LogP contribution in [0.2, 0.25) is 0 Å². The highest BCUT2D eigenvalue weighted by atomic mass is 32.1. The van der Waals surface area contributed by atoms with Crippen LogP contribution < -0.4 is 19.9 Å². The van der Waals surface area contributed by atoms with Gasteiger partial charge in [0.05, 0.1) is 51.7 Å². The molecular weight excluding hydrogens is 992 g/mol. The molecule has 4 aromatic carbocycles. The maximum absolute atomic E-state index is 14.3. The third-order valence-electron chi connectivity index (χ3n) is 13.7. The Morgan fingerprint density at radius 2 is 1.66 bits per heavy atom. The fraction of sp³-hybridized carbons (Fsp3) is 0.400. The van der Waals surface area contributed by atoms with E-state index in [0.29, 0.717) is 43.2 Å². The van der Waals surface area contributed by atoms with Gasteiger partial charge in [0, 0.05) is 56.9 Å². The molecule has 388 valence electrons. The summed E-state index contributed by atoms with van der Waals surface area (Å²) in [6, 6.07) is 23.5. The number of likely N-dealkylation sites (tertiary alicyclic amines) is 1. The van der Waals surface area contributed by atoms with Gasteiger partial charge >= 0.3 is 6.18 Å². The molecule has 1 aromatic heterocycles. The molecule has 1 unspecified atom stereocenters. The van der Waals surface area contributed by atoms with Gasteiger partial charge in [0.2, 0.25) is 11.8 Å². The van der Waals surface area contributed by atoms with Crippen molar-refractivity contribution in [3.05, 3.63) is 130 Å². The summed E-state index contributed by atoms with van der Waals surface area (Å²) in [7, 11) is 0. The van der Waals surface area contributed by atoms with Gasteiger partial charge in [-0.2, -0.15) is 18.4 Å². The molecule has 8 rings (SSSR count). The average molecular weight is 1050 g/mol. The van der Waals surface area contributed by atoms with E-state index in [0.717, 1.165) is 69.1 Å². The molecule has 3 aliphatic heterocycles. The number of carbonyl (C=O) groups excluding carboxylic acids is 4. The number of aliphatic hydroxyl groups is 1. The van der Waals surface area contributed by atoms with E-state index in [4.69, 9.17) is 21.7 Å². The molecular formula is C55H58F3N7O7S2. The smallest absolute Gasteiger partial charge is 0.417 e. The standard InChI is InChI=1S/C55H58F3N7O7S2/c1-33(2)47(51(69)62-31-42(66)27-46(62)49(67)60-29-36-10-13-37(14-11-36)48-34(3)61-32-74-48)63-30-39-25-35(12-21-44(39)50(63)68)9-6-7-22-71-23-8-24-72-43-19-17-40(18-20-43)65-53(73)64(52(70)54(65,4)5)41-16-15-38(28-59)45(26-41)55(56,57)58/h10-21,25-26,32-33,42,46-47,66H,6-9,22-24,27,29-31H2,1-5H3,(H,60,67)/t42-,46+,47?/m1/s1. The number of benzene rings is 4. The average Bonchev–Trinajstić information content (AvgIpc) is 4.11. The SMILES string of the molecule is Cc1ncsc1-c1ccc(CNC(=O)[C@@H]2C[C@@H](O)CN2C(=O)C(C(C)C)N2Cc3cc(CCCCOCCCOc4ccc(N5C(=S)N(c6ccc(C#N)c(C(F)(F)F)c6)C(=O)C5(C)C)cc4)ccc3C2=O)cc1. The number of nitrogens with zero attached hydrogens (tertiary/aromatic N) is 6. The zero-order valence-corrected chi connectivity index (χ0v) is 43.4. The lowest BCUT2D eigenvalue weighted by atomic mass is 10.0. The van der Waals surface area contributed by atoms with Crippen LogP contribution in [0, 0.1) is 24.2 Å². The lowest BCUT2D eigenvalue weighted by molar-refractivity contribution is -0.143. The van der Waals surface area contributed by atoms with Crippen molar-refractivity contribution >= 4 is 63.7 Å². The van der Waals surface area contributed by atoms with Gasteiger partial charge in [0.15, 0.2) is 5.11 Å². The minimum Gasteiger partial charge on any atom is -0.494 e. The Kier molecular flexibility index (Phi) is 16.2. The molecule has 2 fully saturated rings. The third kappa shape index (κ3) is 11.3. The van der Waals surface area contributed by atoms with Gasteiger partial charge in [-0.25, -0.2) is 4.98 Å². The molecule has 2 saturated heterocycles. The quantitative estimate of drug-likeness (QED) is 0.0598. The van der Waals surface area contributed by atoms with E-state index in [2.05, 4.69) is 10.3 Å². The zero-order valence-electron chi connectivity index (χ0n) is 41.8. The number of thiocarbonyl (C=S) groups is 1. The first kappa shape index (κ1) is 53.6. The number of thiazole rings is 1. The Bertz CT molecular complexity index is 2960. The van der Waals surface area contributed by atoms with Crippen molar-refractivity contribution < 1.29 is 46.9 Å². The second-order valence-electron chi connectivity index (χ2n) is 19.6. The number of aromatic nitrogens is 1. The van der Waals surface area contributed by atoms with Crippen molar-refractivity contribution in [1.82, 2.24) is 20.1 Å². The molecule has 0 bridgehead atoms. The van der Waals surface area contributed by atoms with Crippen LogP contribution in [0.4, 0.5) is 24.5 Å². The lowest BCUT2D eigenvalue weighted by Crippen LogP contribution is -2.55. The number of aryl methyl sites for hydroxylation is 2. The molecule has 0 saturated carbocycles. The Morgan fingerprint density at radius 3 is 2.34 bits per heavy atom. The Morgan fingerprint density at radius 1 is 0.959 bits per heavy atom. The van der Waals surface area contributed by atoms with Crippen molar-refractivity contribution in [3.63, 3.8) is 0 Å². The molecule has 14 nitrogen and oxygen atoms in total. The fourth-order valence-corrected chi connectivity index (χ4v) is 11.2. The molecule has 4 heterocycles. The van der Waals surface area contributed by atoms with Crippen LogP contribution in [0.25, 0.3) is 10.4 Å². The number of alkyl halides is 3. The van der Waals surface area contributed by atoms with Crippen LogP contribution in [0.3, 0.4) is 0 Å². The molecule has 74 heavy (non-hydrogen) atoms. The van der Waals surface area contributed by atoms with Gasteiger partial charge in [0.1, 0.15) is 23.4 Å². The minimum atomic E-state index is -4.80. The van der Waals surface area contributed by atoms with Crippen molar-refractivity contribution in [2.75, 3.05) is 36.2 Å². The number of aliphatic hydroxyl groups excluding tert-OH is 1. The number of ether oxygens (including phenoxy) is 2. The molecule has 5 aromatic rings. The van der Waals surface area contributed by atoms with E-state index in [1.54, 1.807) is 65.3 Å². The Hall–Kier alpha value is -6.72. The third-order valence-corrected chi connectivity index (χ3v) is 15.0. The van der Waals surface area contributed by atoms with Crippen LogP contribution in [0.15, 0.2) is 90.4 Å². The first-order valence-corrected chi connectivity index (χ1v) is 25.9. The van der Waals surface area contributed by atoms with E-state index in [1.807, 2.05) is 68.7 Å². The summed E-state index contributed by atoms with van der Waals surface area (Å²) in [6.07, 6.45) is -2.49. The van der Waals surface area contributed by atoms with E-state index in [1.165, 1.54) is 11.0 Å². The van der Waals surface area contributed by atoms with Crippen molar-refractivity contribution in [2.45, 2.75) is 110 Å². The van der Waals surface area contributed by atoms with E-state index in [9.17, 15) is 42.7 Å². The Labute approximate surface area is 437 Å². The molecule has 2 N–H and O–H groups in total. The first-order chi connectivity index (χ1) is 35.3. The normalized spacial score (nSPS) is 17.8. The second kappa shape index (κ2) is 22.4. The van der Waals surface area contributed by atoms with Crippen LogP contribution in [-0.4, -0.2) is 98.7 Å². The second-order valence-corrected chi connectivity index (χ2v) is 20.8. The van der Waals surface area contributed by atoms with E-state index >= 15 is 0 Å². The largest absolute Gasteiger partial charge is 0.494 e. The van der Waals surface area contributed by atoms with Gasteiger partial charge in [-0.05, 0) is 129 Å². The van der Waals surface area contributed by atoms with E-state index < -0.39 is 46.9 Å². The number of rotatable bonds is 19. The highest BCUT2D eigenvalue weighted by Gasteiger charge is 2.51. The molecule has 3 atom stereocenters. The zero-order chi connectivity index (χ0) is 53.1. The van der Waals surface area contributed by atoms with Crippen LogP contribution in [-0.2, 0) is 44.8 Å². The van der Waals surface area contributed by atoms with Crippen molar-refractivity contribution in [3.8, 4) is 22.3 Å². The molecule has 0 aliphatic carbocycles. The van der Waals surface area contributed by atoms with Crippen LogP contribution >= 0.6 is 23.6 Å². The summed E-state index contributed by atoms with van der Waals surface area (Å²) in [5.41, 5.74) is 4.73. The number of nitrogens with one attached hydrogen (secondary N) is 1. The lowest BCUT2D eigenvalue weighted by Gasteiger charge is -2.35. The number of hydrogen-bond acceptors (Lipinski definition) is 11. The number of β-amino-alcohol motifs (C(OH)–C–C–N with tert-alkyl or cyclic N) is 1. The van der Waals surface area contributed by atoms with Crippen molar-refractivity contribution in [1.29, 1.82) is 5.26 Å². The summed E-state index contributed by atoms with van der Waals surface area (Å²) in [4.78, 5) is 66.5. The van der Waals surface area contributed by atoms with Gasteiger partial charge in [-0.15, -0.1) is 11.3 Å². The highest BCUT2D eigenvalue weighted by Crippen LogP contribution is 2.40. The summed E-state index contributed by atoms with van der Waals surface area (Å²) >= 11 is 7.21. The minimum absolute atomic E-state index is 0.00118. The van der Waals surface area contributed by atoms with Gasteiger partial charge in [-0.3, -0.25) is 24.1 Å². The van der Waals surface area contributed by atoms with Gasteiger partial charge in [-0.1, -0.05) is 50.2 Å².